The SMILES string of the molecule is Cc1ccc(Cc2ncc(CNC3CC3)[nH]2)cc1C. The number of aromatic amines is 1. The molecule has 1 heterocycles. The molecule has 1 fully saturated rings. The molecule has 2 N–H and O–H groups in total. The molecule has 100 valence electrons. The van der Waals surface area contributed by atoms with Crippen LogP contribution in [-0.2, 0) is 13.0 Å². The number of H-pyrrole nitrogens is 1. The summed E-state index contributed by atoms with van der Waals surface area (Å²) in [7, 11) is 0. The molecule has 0 aliphatic heterocycles. The summed E-state index contributed by atoms with van der Waals surface area (Å²) in [6, 6.07) is 7.36. The second-order valence-corrected chi connectivity index (χ2v) is 5.61. The van der Waals surface area contributed by atoms with Crippen LogP contribution in [0.25, 0.3) is 0 Å². The number of benzene rings is 1. The summed E-state index contributed by atoms with van der Waals surface area (Å²) < 4.78 is 0. The molecule has 19 heavy (non-hydrogen) atoms. The Morgan fingerprint density at radius 3 is 2.84 bits per heavy atom. The average molecular weight is 255 g/mol. The van der Waals surface area contributed by atoms with Gasteiger partial charge in [-0.25, -0.2) is 4.98 Å². The van der Waals surface area contributed by atoms with E-state index >= 15 is 0 Å². The molecule has 1 saturated carbocycles. The molecule has 1 aliphatic carbocycles. The van der Waals surface area contributed by atoms with E-state index in [2.05, 4.69) is 47.3 Å². The van der Waals surface area contributed by atoms with Crippen molar-refractivity contribution in [3.8, 4) is 0 Å². The molecular formula is C16H21N3. The molecule has 0 bridgehead atoms. The molecule has 1 aromatic carbocycles. The molecule has 0 spiro atoms. The predicted octanol–water partition coefficient (Wildman–Crippen LogP) is 2.87. The van der Waals surface area contributed by atoms with Crippen molar-refractivity contribution in [2.75, 3.05) is 0 Å². The number of hydrogen-bond acceptors (Lipinski definition) is 2. The molecule has 3 heteroatoms. The lowest BCUT2D eigenvalue weighted by Crippen LogP contribution is -2.15. The highest BCUT2D eigenvalue weighted by Crippen LogP contribution is 2.19. The molecule has 0 atom stereocenters. The molecule has 0 radical (unpaired) electrons. The minimum atomic E-state index is 0.742. The van der Waals surface area contributed by atoms with E-state index in [0.717, 1.165) is 24.8 Å². The zero-order chi connectivity index (χ0) is 13.2. The lowest BCUT2D eigenvalue weighted by molar-refractivity contribution is 0.676. The molecule has 3 nitrogen and oxygen atoms in total. The van der Waals surface area contributed by atoms with E-state index in [1.807, 2.05) is 6.20 Å². The first-order valence-electron chi connectivity index (χ1n) is 7.03. The van der Waals surface area contributed by atoms with E-state index in [4.69, 9.17) is 0 Å². The van der Waals surface area contributed by atoms with Gasteiger partial charge < -0.3 is 10.3 Å². The third-order valence-electron chi connectivity index (χ3n) is 3.78. The Morgan fingerprint density at radius 1 is 1.26 bits per heavy atom. The fourth-order valence-electron chi connectivity index (χ4n) is 2.23. The molecule has 0 amide bonds. The summed E-state index contributed by atoms with van der Waals surface area (Å²) in [6.07, 6.45) is 5.48. The van der Waals surface area contributed by atoms with Gasteiger partial charge in [0.05, 0.1) is 0 Å². The number of nitrogens with one attached hydrogen (secondary N) is 2. The first kappa shape index (κ1) is 12.4. The Morgan fingerprint density at radius 2 is 2.11 bits per heavy atom. The van der Waals surface area contributed by atoms with Gasteiger partial charge in [0, 0.05) is 30.9 Å². The lowest BCUT2D eigenvalue weighted by atomic mass is 10.0. The van der Waals surface area contributed by atoms with Gasteiger partial charge in [0.15, 0.2) is 0 Å². The highest BCUT2D eigenvalue weighted by atomic mass is 15.0. The van der Waals surface area contributed by atoms with Crippen LogP contribution in [0.5, 0.6) is 0 Å². The quantitative estimate of drug-likeness (QED) is 0.862. The normalized spacial score (nSPS) is 14.8. The van der Waals surface area contributed by atoms with Gasteiger partial charge in [-0.3, -0.25) is 0 Å². The van der Waals surface area contributed by atoms with Crippen LogP contribution in [0.1, 0.15) is 41.1 Å². The third-order valence-corrected chi connectivity index (χ3v) is 3.78. The van der Waals surface area contributed by atoms with E-state index < -0.39 is 0 Å². The van der Waals surface area contributed by atoms with Crippen molar-refractivity contribution in [1.29, 1.82) is 0 Å². The predicted molar refractivity (Wildman–Crippen MR) is 77.2 cm³/mol. The fourth-order valence-corrected chi connectivity index (χ4v) is 2.23. The minimum absolute atomic E-state index is 0.742. The van der Waals surface area contributed by atoms with Gasteiger partial charge in [0.2, 0.25) is 0 Å². The molecule has 2 aromatic rings. The Hall–Kier alpha value is -1.61. The molecule has 3 rings (SSSR count). The van der Waals surface area contributed by atoms with Crippen LogP contribution in [0.2, 0.25) is 0 Å². The van der Waals surface area contributed by atoms with Gasteiger partial charge in [-0.2, -0.15) is 0 Å². The molecule has 1 aromatic heterocycles. The summed E-state index contributed by atoms with van der Waals surface area (Å²) in [6.45, 7) is 5.21. The largest absolute Gasteiger partial charge is 0.345 e. The van der Waals surface area contributed by atoms with Crippen LogP contribution in [-0.4, -0.2) is 16.0 Å². The Labute approximate surface area is 114 Å². The van der Waals surface area contributed by atoms with Gasteiger partial charge in [-0.15, -0.1) is 0 Å². The highest BCUT2D eigenvalue weighted by molar-refractivity contribution is 5.31. The van der Waals surface area contributed by atoms with Crippen molar-refractivity contribution in [1.82, 2.24) is 15.3 Å². The maximum Gasteiger partial charge on any atom is 0.110 e. The Bertz CT molecular complexity index is 567. The maximum absolute atomic E-state index is 4.47. The number of nitrogens with zero attached hydrogens (tertiary/aromatic N) is 1. The average Bonchev–Trinajstić information content (AvgIpc) is 3.12. The lowest BCUT2D eigenvalue weighted by Gasteiger charge is -2.03. The van der Waals surface area contributed by atoms with Crippen molar-refractivity contribution < 1.29 is 0 Å². The van der Waals surface area contributed by atoms with E-state index in [1.165, 1.54) is 35.2 Å². The zero-order valence-corrected chi connectivity index (χ0v) is 11.7. The van der Waals surface area contributed by atoms with Gasteiger partial charge >= 0.3 is 0 Å². The molecule has 0 saturated heterocycles. The maximum atomic E-state index is 4.47. The standard InChI is InChI=1S/C16H21N3/c1-11-3-4-13(7-12(11)2)8-16-18-10-15(19-16)9-17-14-5-6-14/h3-4,7,10,14,17H,5-6,8-9H2,1-2H3,(H,18,19). The summed E-state index contributed by atoms with van der Waals surface area (Å²) in [5.41, 5.74) is 5.20. The second-order valence-electron chi connectivity index (χ2n) is 5.61. The number of aromatic nitrogens is 2. The van der Waals surface area contributed by atoms with Crippen LogP contribution < -0.4 is 5.32 Å². The first-order chi connectivity index (χ1) is 9.20. The van der Waals surface area contributed by atoms with Gasteiger partial charge in [0.1, 0.15) is 5.82 Å². The van der Waals surface area contributed by atoms with Crippen LogP contribution in [0.4, 0.5) is 0 Å². The summed E-state index contributed by atoms with van der Waals surface area (Å²) in [5.74, 6) is 1.05. The smallest absolute Gasteiger partial charge is 0.110 e. The topological polar surface area (TPSA) is 40.7 Å². The number of rotatable bonds is 5. The van der Waals surface area contributed by atoms with Crippen LogP contribution in [0.15, 0.2) is 24.4 Å². The fraction of sp³-hybridized carbons (Fsp3) is 0.438. The first-order valence-corrected chi connectivity index (χ1v) is 7.03. The monoisotopic (exact) mass is 255 g/mol. The van der Waals surface area contributed by atoms with E-state index in [9.17, 15) is 0 Å². The van der Waals surface area contributed by atoms with Gasteiger partial charge in [-0.05, 0) is 43.4 Å². The molecule has 1 aliphatic rings. The van der Waals surface area contributed by atoms with E-state index in [1.54, 1.807) is 0 Å². The van der Waals surface area contributed by atoms with E-state index in [-0.39, 0.29) is 0 Å². The van der Waals surface area contributed by atoms with Gasteiger partial charge in [0.25, 0.3) is 0 Å². The van der Waals surface area contributed by atoms with Crippen molar-refractivity contribution in [3.63, 3.8) is 0 Å². The van der Waals surface area contributed by atoms with Crippen molar-refractivity contribution >= 4 is 0 Å². The molecular weight excluding hydrogens is 234 g/mol. The Balaban J connectivity index is 1.63. The van der Waals surface area contributed by atoms with Gasteiger partial charge in [-0.1, -0.05) is 18.2 Å². The minimum Gasteiger partial charge on any atom is -0.345 e. The van der Waals surface area contributed by atoms with Crippen LogP contribution in [0.3, 0.4) is 0 Å². The number of aryl methyl sites for hydroxylation is 2. The zero-order valence-electron chi connectivity index (χ0n) is 11.7. The second kappa shape index (κ2) is 5.17. The summed E-state index contributed by atoms with van der Waals surface area (Å²) in [4.78, 5) is 7.87. The number of imidazole rings is 1. The highest BCUT2D eigenvalue weighted by Gasteiger charge is 2.20. The van der Waals surface area contributed by atoms with Crippen LogP contribution >= 0.6 is 0 Å². The Kier molecular flexibility index (Phi) is 3.38. The van der Waals surface area contributed by atoms with E-state index in [0.29, 0.717) is 0 Å². The summed E-state index contributed by atoms with van der Waals surface area (Å²) >= 11 is 0. The molecule has 0 unspecified atom stereocenters. The van der Waals surface area contributed by atoms with Crippen LogP contribution in [0, 0.1) is 13.8 Å². The van der Waals surface area contributed by atoms with Crippen molar-refractivity contribution in [2.24, 2.45) is 0 Å². The third kappa shape index (κ3) is 3.24. The summed E-state index contributed by atoms with van der Waals surface area (Å²) in [5, 5.41) is 3.50. The number of hydrogen-bond donors (Lipinski definition) is 2. The van der Waals surface area contributed by atoms with Crippen molar-refractivity contribution in [2.45, 2.75) is 45.7 Å². The van der Waals surface area contributed by atoms with Crippen molar-refractivity contribution in [3.05, 3.63) is 52.6 Å².